The summed E-state index contributed by atoms with van der Waals surface area (Å²) in [5.74, 6) is 2.90. The molecule has 2 aliphatic carbocycles. The first-order valence-corrected chi connectivity index (χ1v) is 8.98. The number of aromatic nitrogens is 2. The van der Waals surface area contributed by atoms with Crippen LogP contribution in [-0.2, 0) is 6.54 Å². The molecule has 4 atom stereocenters. The maximum absolute atomic E-state index is 4.23. The molecular weight excluding hydrogens is 278 g/mol. The Morgan fingerprint density at radius 1 is 1.43 bits per heavy atom. The summed E-state index contributed by atoms with van der Waals surface area (Å²) in [7, 11) is 0. The number of aromatic amines is 1. The Kier molecular flexibility index (Phi) is 3.59. The molecular formula is C17H23N3S. The highest BCUT2D eigenvalue weighted by molar-refractivity contribution is 7.13. The molecule has 2 saturated carbocycles. The van der Waals surface area contributed by atoms with Crippen LogP contribution in [0.5, 0.6) is 0 Å². The second-order valence-electron chi connectivity index (χ2n) is 6.76. The molecule has 0 saturated heterocycles. The molecule has 0 amide bonds. The Morgan fingerprint density at radius 3 is 3.10 bits per heavy atom. The van der Waals surface area contributed by atoms with Crippen molar-refractivity contribution in [3.8, 4) is 10.6 Å². The Balaban J connectivity index is 1.40. The van der Waals surface area contributed by atoms with Crippen molar-refractivity contribution in [1.82, 2.24) is 15.5 Å². The average Bonchev–Trinajstić information content (AvgIpc) is 3.28. The zero-order chi connectivity index (χ0) is 14.2. The van der Waals surface area contributed by atoms with E-state index < -0.39 is 0 Å². The van der Waals surface area contributed by atoms with Crippen LogP contribution in [0.3, 0.4) is 0 Å². The van der Waals surface area contributed by atoms with Gasteiger partial charge < -0.3 is 5.32 Å². The molecule has 21 heavy (non-hydrogen) atoms. The van der Waals surface area contributed by atoms with Crippen molar-refractivity contribution < 1.29 is 0 Å². The standard InChI is InChI=1S/C17H23N3S/c1-11(15-8-12-4-5-13(15)7-12)18-9-14-10-19-20-17(14)16-3-2-6-21-16/h2-3,6,10-13,15,18H,4-5,7-9H2,1H3,(H,19,20). The van der Waals surface area contributed by atoms with Crippen molar-refractivity contribution in [3.63, 3.8) is 0 Å². The summed E-state index contributed by atoms with van der Waals surface area (Å²) < 4.78 is 0. The summed E-state index contributed by atoms with van der Waals surface area (Å²) in [6.45, 7) is 3.29. The van der Waals surface area contributed by atoms with E-state index in [1.54, 1.807) is 11.3 Å². The third-order valence-corrected chi connectivity index (χ3v) is 6.42. The predicted octanol–water partition coefficient (Wildman–Crippen LogP) is 4.05. The normalized spacial score (nSPS) is 29.1. The van der Waals surface area contributed by atoms with Crippen LogP contribution in [0, 0.1) is 17.8 Å². The minimum atomic E-state index is 0.617. The smallest absolute Gasteiger partial charge is 0.0794 e. The second-order valence-corrected chi connectivity index (χ2v) is 7.70. The van der Waals surface area contributed by atoms with Gasteiger partial charge in [0, 0.05) is 18.2 Å². The molecule has 2 aliphatic rings. The van der Waals surface area contributed by atoms with E-state index in [1.165, 1.54) is 41.8 Å². The molecule has 0 radical (unpaired) electrons. The summed E-state index contributed by atoms with van der Waals surface area (Å²) in [5.41, 5.74) is 2.46. The third-order valence-electron chi connectivity index (χ3n) is 5.53. The Hall–Kier alpha value is -1.13. The fraction of sp³-hybridized carbons (Fsp3) is 0.588. The van der Waals surface area contributed by atoms with Crippen LogP contribution in [0.2, 0.25) is 0 Å². The lowest BCUT2D eigenvalue weighted by Gasteiger charge is -2.28. The number of hydrogen-bond donors (Lipinski definition) is 2. The molecule has 0 aliphatic heterocycles. The molecule has 2 aromatic rings. The van der Waals surface area contributed by atoms with Gasteiger partial charge in [-0.2, -0.15) is 5.10 Å². The molecule has 3 nitrogen and oxygen atoms in total. The van der Waals surface area contributed by atoms with Gasteiger partial charge in [0.25, 0.3) is 0 Å². The fourth-order valence-electron chi connectivity index (χ4n) is 4.41. The Labute approximate surface area is 130 Å². The van der Waals surface area contributed by atoms with E-state index in [1.807, 2.05) is 6.20 Å². The second kappa shape index (κ2) is 5.58. The lowest BCUT2D eigenvalue weighted by atomic mass is 9.84. The quantitative estimate of drug-likeness (QED) is 0.874. The maximum Gasteiger partial charge on any atom is 0.0794 e. The van der Waals surface area contributed by atoms with Gasteiger partial charge in [0.1, 0.15) is 0 Å². The number of hydrogen-bond acceptors (Lipinski definition) is 3. The molecule has 2 aromatic heterocycles. The van der Waals surface area contributed by atoms with Gasteiger partial charge in [0.05, 0.1) is 16.8 Å². The topological polar surface area (TPSA) is 40.7 Å². The zero-order valence-electron chi connectivity index (χ0n) is 12.5. The van der Waals surface area contributed by atoms with Crippen molar-refractivity contribution >= 4 is 11.3 Å². The molecule has 2 bridgehead atoms. The first-order valence-electron chi connectivity index (χ1n) is 8.10. The molecule has 2 N–H and O–H groups in total. The Bertz CT molecular complexity index is 589. The van der Waals surface area contributed by atoms with Crippen LogP contribution < -0.4 is 5.32 Å². The van der Waals surface area contributed by atoms with Gasteiger partial charge in [0.15, 0.2) is 0 Å². The van der Waals surface area contributed by atoms with E-state index in [2.05, 4.69) is 40.0 Å². The van der Waals surface area contributed by atoms with Gasteiger partial charge in [-0.05, 0) is 55.4 Å². The van der Waals surface area contributed by atoms with Crippen molar-refractivity contribution in [2.75, 3.05) is 0 Å². The molecule has 2 heterocycles. The third kappa shape index (κ3) is 2.55. The van der Waals surface area contributed by atoms with Crippen molar-refractivity contribution in [2.45, 2.75) is 45.2 Å². The minimum absolute atomic E-state index is 0.617. The molecule has 4 unspecified atom stereocenters. The van der Waals surface area contributed by atoms with E-state index in [9.17, 15) is 0 Å². The number of fused-ring (bicyclic) bond motifs is 2. The highest BCUT2D eigenvalue weighted by Gasteiger charge is 2.41. The van der Waals surface area contributed by atoms with Gasteiger partial charge in [-0.25, -0.2) is 0 Å². The average molecular weight is 301 g/mol. The van der Waals surface area contributed by atoms with Gasteiger partial charge >= 0.3 is 0 Å². The first kappa shape index (κ1) is 13.5. The number of rotatable bonds is 5. The SMILES string of the molecule is CC(NCc1cn[nH]c1-c1cccs1)C1CC2CCC1C2. The summed E-state index contributed by atoms with van der Waals surface area (Å²) >= 11 is 1.77. The van der Waals surface area contributed by atoms with Crippen LogP contribution in [0.1, 0.15) is 38.2 Å². The van der Waals surface area contributed by atoms with Crippen molar-refractivity contribution in [1.29, 1.82) is 0 Å². The lowest BCUT2D eigenvalue weighted by Crippen LogP contribution is -2.35. The minimum Gasteiger partial charge on any atom is -0.310 e. The molecule has 4 rings (SSSR count). The zero-order valence-corrected chi connectivity index (χ0v) is 13.3. The van der Waals surface area contributed by atoms with Gasteiger partial charge in [-0.15, -0.1) is 11.3 Å². The van der Waals surface area contributed by atoms with E-state index in [0.29, 0.717) is 6.04 Å². The van der Waals surface area contributed by atoms with Gasteiger partial charge in [0.2, 0.25) is 0 Å². The number of nitrogens with one attached hydrogen (secondary N) is 2. The predicted molar refractivity (Wildman–Crippen MR) is 87.1 cm³/mol. The van der Waals surface area contributed by atoms with Crippen molar-refractivity contribution in [3.05, 3.63) is 29.3 Å². The number of H-pyrrole nitrogens is 1. The van der Waals surface area contributed by atoms with E-state index in [-0.39, 0.29) is 0 Å². The van der Waals surface area contributed by atoms with Crippen LogP contribution in [0.4, 0.5) is 0 Å². The Morgan fingerprint density at radius 2 is 2.38 bits per heavy atom. The van der Waals surface area contributed by atoms with Crippen LogP contribution in [0.15, 0.2) is 23.7 Å². The molecule has 112 valence electrons. The molecule has 0 aromatic carbocycles. The molecule has 4 heteroatoms. The fourth-order valence-corrected chi connectivity index (χ4v) is 5.16. The lowest BCUT2D eigenvalue weighted by molar-refractivity contribution is 0.259. The van der Waals surface area contributed by atoms with Crippen LogP contribution >= 0.6 is 11.3 Å². The first-order chi connectivity index (χ1) is 10.3. The summed E-state index contributed by atoms with van der Waals surface area (Å²) in [6, 6.07) is 4.86. The van der Waals surface area contributed by atoms with E-state index in [4.69, 9.17) is 0 Å². The van der Waals surface area contributed by atoms with Crippen LogP contribution in [-0.4, -0.2) is 16.2 Å². The summed E-state index contributed by atoms with van der Waals surface area (Å²) in [6.07, 6.45) is 7.85. The molecule has 0 spiro atoms. The highest BCUT2D eigenvalue weighted by atomic mass is 32.1. The van der Waals surface area contributed by atoms with Crippen LogP contribution in [0.25, 0.3) is 10.6 Å². The summed E-state index contributed by atoms with van der Waals surface area (Å²) in [4.78, 5) is 1.27. The van der Waals surface area contributed by atoms with Gasteiger partial charge in [-0.3, -0.25) is 5.10 Å². The largest absolute Gasteiger partial charge is 0.310 e. The van der Waals surface area contributed by atoms with Gasteiger partial charge in [-0.1, -0.05) is 12.5 Å². The summed E-state index contributed by atoms with van der Waals surface area (Å²) in [5, 5.41) is 13.3. The van der Waals surface area contributed by atoms with E-state index in [0.717, 1.165) is 24.3 Å². The number of nitrogens with zero attached hydrogens (tertiary/aromatic N) is 1. The van der Waals surface area contributed by atoms with E-state index >= 15 is 0 Å². The molecule has 2 fully saturated rings. The maximum atomic E-state index is 4.23. The number of thiophene rings is 1. The van der Waals surface area contributed by atoms with Crippen molar-refractivity contribution in [2.24, 2.45) is 17.8 Å². The highest BCUT2D eigenvalue weighted by Crippen LogP contribution is 2.49. The monoisotopic (exact) mass is 301 g/mol.